The summed E-state index contributed by atoms with van der Waals surface area (Å²) >= 11 is 0. The van der Waals surface area contributed by atoms with Crippen molar-refractivity contribution in [3.05, 3.63) is 0 Å². The van der Waals surface area contributed by atoms with Crippen LogP contribution in [0.3, 0.4) is 0 Å². The lowest BCUT2D eigenvalue weighted by atomic mass is 9.91. The predicted molar refractivity (Wildman–Crippen MR) is 66.9 cm³/mol. The highest BCUT2D eigenvalue weighted by atomic mass is 14.9. The third kappa shape index (κ3) is 6.16. The molecule has 0 aromatic rings. The highest BCUT2D eigenvalue weighted by Crippen LogP contribution is 2.16. The monoisotopic (exact) mass is 212 g/mol. The number of hydrogen-bond acceptors (Lipinski definition) is 2. The van der Waals surface area contributed by atoms with Crippen LogP contribution in [0, 0.1) is 5.92 Å². The number of unbranched alkanes of at least 4 members (excludes halogenated alkanes) is 1. The Morgan fingerprint density at radius 2 is 2.07 bits per heavy atom. The molecule has 0 heterocycles. The molecule has 0 saturated heterocycles. The summed E-state index contributed by atoms with van der Waals surface area (Å²) in [5.41, 5.74) is 5.96. The van der Waals surface area contributed by atoms with Gasteiger partial charge in [-0.1, -0.05) is 33.1 Å². The molecule has 1 fully saturated rings. The van der Waals surface area contributed by atoms with Crippen LogP contribution in [0.4, 0.5) is 0 Å². The minimum atomic E-state index is 0.451. The molecule has 1 saturated carbocycles. The molecule has 1 rings (SSSR count). The van der Waals surface area contributed by atoms with Crippen LogP contribution < -0.4 is 11.1 Å². The lowest BCUT2D eigenvalue weighted by Gasteiger charge is -2.27. The molecule has 0 aliphatic heterocycles. The van der Waals surface area contributed by atoms with Crippen molar-refractivity contribution in [2.75, 3.05) is 6.54 Å². The lowest BCUT2D eigenvalue weighted by molar-refractivity contribution is 0.336. The summed E-state index contributed by atoms with van der Waals surface area (Å²) in [6.07, 6.45) is 9.11. The molecule has 2 atom stereocenters. The Bertz CT molecular complexity index is 157. The Hall–Kier alpha value is -0.0800. The lowest BCUT2D eigenvalue weighted by Crippen LogP contribution is -2.39. The number of nitrogens with one attached hydrogen (secondary N) is 1. The van der Waals surface area contributed by atoms with Crippen molar-refractivity contribution in [3.63, 3.8) is 0 Å². The zero-order valence-electron chi connectivity index (χ0n) is 10.5. The van der Waals surface area contributed by atoms with Gasteiger partial charge in [-0.3, -0.25) is 0 Å². The van der Waals surface area contributed by atoms with Gasteiger partial charge in [0.2, 0.25) is 0 Å². The highest BCUT2D eigenvalue weighted by Gasteiger charge is 2.17. The van der Waals surface area contributed by atoms with Crippen molar-refractivity contribution in [2.45, 2.75) is 70.9 Å². The molecule has 1 aliphatic carbocycles. The molecule has 3 N–H and O–H groups in total. The number of rotatable bonds is 6. The van der Waals surface area contributed by atoms with E-state index < -0.39 is 0 Å². The average Bonchev–Trinajstić information content (AvgIpc) is 2.17. The smallest absolute Gasteiger partial charge is 0.00818 e. The summed E-state index contributed by atoms with van der Waals surface area (Å²) in [5, 5.41) is 3.65. The van der Waals surface area contributed by atoms with E-state index in [-0.39, 0.29) is 0 Å². The maximum atomic E-state index is 5.96. The van der Waals surface area contributed by atoms with E-state index >= 15 is 0 Å². The van der Waals surface area contributed by atoms with Gasteiger partial charge in [0.1, 0.15) is 0 Å². The van der Waals surface area contributed by atoms with Gasteiger partial charge in [0.15, 0.2) is 0 Å². The molecular weight excluding hydrogens is 184 g/mol. The van der Waals surface area contributed by atoms with Crippen LogP contribution >= 0.6 is 0 Å². The van der Waals surface area contributed by atoms with Gasteiger partial charge < -0.3 is 11.1 Å². The van der Waals surface area contributed by atoms with Crippen LogP contribution in [0.1, 0.15) is 58.8 Å². The summed E-state index contributed by atoms with van der Waals surface area (Å²) < 4.78 is 0. The van der Waals surface area contributed by atoms with Crippen LogP contribution in [-0.2, 0) is 0 Å². The fraction of sp³-hybridized carbons (Fsp3) is 1.00. The van der Waals surface area contributed by atoms with Gasteiger partial charge in [-0.25, -0.2) is 0 Å². The maximum absolute atomic E-state index is 5.96. The van der Waals surface area contributed by atoms with Crippen molar-refractivity contribution >= 4 is 0 Å². The van der Waals surface area contributed by atoms with Crippen LogP contribution in [0.25, 0.3) is 0 Å². The van der Waals surface area contributed by atoms with Gasteiger partial charge in [-0.15, -0.1) is 0 Å². The zero-order chi connectivity index (χ0) is 11.1. The van der Waals surface area contributed by atoms with Crippen molar-refractivity contribution in [1.82, 2.24) is 5.32 Å². The second-order valence-corrected chi connectivity index (χ2v) is 5.47. The van der Waals surface area contributed by atoms with E-state index in [1.54, 1.807) is 0 Å². The topological polar surface area (TPSA) is 38.0 Å². The molecule has 2 unspecified atom stereocenters. The number of hydrogen-bond donors (Lipinski definition) is 2. The minimum Gasteiger partial charge on any atom is -0.328 e. The molecule has 0 spiro atoms. The van der Waals surface area contributed by atoms with Gasteiger partial charge in [0, 0.05) is 12.1 Å². The van der Waals surface area contributed by atoms with Crippen LogP contribution in [-0.4, -0.2) is 18.6 Å². The van der Waals surface area contributed by atoms with Crippen LogP contribution in [0.2, 0.25) is 0 Å². The molecular formula is C13H28N2. The Balaban J connectivity index is 1.95. The fourth-order valence-electron chi connectivity index (χ4n) is 2.40. The van der Waals surface area contributed by atoms with Gasteiger partial charge in [0.25, 0.3) is 0 Å². The van der Waals surface area contributed by atoms with E-state index in [9.17, 15) is 0 Å². The van der Waals surface area contributed by atoms with Gasteiger partial charge >= 0.3 is 0 Å². The third-order valence-corrected chi connectivity index (χ3v) is 3.36. The summed E-state index contributed by atoms with van der Waals surface area (Å²) in [6, 6.07) is 1.15. The van der Waals surface area contributed by atoms with Crippen molar-refractivity contribution in [1.29, 1.82) is 0 Å². The third-order valence-electron chi connectivity index (χ3n) is 3.36. The van der Waals surface area contributed by atoms with E-state index in [1.807, 2.05) is 0 Å². The molecule has 1 aliphatic rings. The Kier molecular flexibility index (Phi) is 6.26. The maximum Gasteiger partial charge on any atom is 0.00818 e. The first kappa shape index (κ1) is 13.0. The second kappa shape index (κ2) is 7.24. The van der Waals surface area contributed by atoms with Gasteiger partial charge in [-0.2, -0.15) is 0 Å². The fourth-order valence-corrected chi connectivity index (χ4v) is 2.40. The quantitative estimate of drug-likeness (QED) is 0.664. The highest BCUT2D eigenvalue weighted by molar-refractivity contribution is 4.79. The summed E-state index contributed by atoms with van der Waals surface area (Å²) in [5.74, 6) is 0.855. The Morgan fingerprint density at radius 1 is 1.27 bits per heavy atom. The zero-order valence-corrected chi connectivity index (χ0v) is 10.5. The normalized spacial score (nSPS) is 27.2. The first-order valence-corrected chi connectivity index (χ1v) is 6.67. The molecule has 0 radical (unpaired) electrons. The van der Waals surface area contributed by atoms with E-state index in [0.717, 1.165) is 5.92 Å². The van der Waals surface area contributed by atoms with Gasteiger partial charge in [0.05, 0.1) is 0 Å². The first-order valence-electron chi connectivity index (χ1n) is 6.67. The molecule has 90 valence electrons. The molecule has 2 heteroatoms. The molecule has 0 bridgehead atoms. The van der Waals surface area contributed by atoms with E-state index in [0.29, 0.717) is 12.1 Å². The minimum absolute atomic E-state index is 0.451. The first-order chi connectivity index (χ1) is 7.18. The summed E-state index contributed by atoms with van der Waals surface area (Å²) in [6.45, 7) is 5.78. The van der Waals surface area contributed by atoms with Crippen LogP contribution in [0.15, 0.2) is 0 Å². The Morgan fingerprint density at radius 3 is 2.73 bits per heavy atom. The van der Waals surface area contributed by atoms with E-state index in [4.69, 9.17) is 5.73 Å². The molecule has 15 heavy (non-hydrogen) atoms. The van der Waals surface area contributed by atoms with Crippen LogP contribution in [0.5, 0.6) is 0 Å². The molecule has 0 aromatic carbocycles. The standard InChI is InChI=1S/C13H28N2/c1-11(2)6-3-4-9-15-13-8-5-7-12(14)10-13/h11-13,15H,3-10,14H2,1-2H3. The van der Waals surface area contributed by atoms with Crippen molar-refractivity contribution < 1.29 is 0 Å². The molecule has 0 amide bonds. The Labute approximate surface area is 95.0 Å². The largest absolute Gasteiger partial charge is 0.328 e. The van der Waals surface area contributed by atoms with Crippen molar-refractivity contribution in [2.24, 2.45) is 11.7 Å². The molecule has 0 aromatic heterocycles. The van der Waals surface area contributed by atoms with Crippen molar-refractivity contribution in [3.8, 4) is 0 Å². The number of nitrogens with two attached hydrogens (primary N) is 1. The second-order valence-electron chi connectivity index (χ2n) is 5.47. The molecule has 2 nitrogen and oxygen atoms in total. The summed E-state index contributed by atoms with van der Waals surface area (Å²) in [4.78, 5) is 0. The van der Waals surface area contributed by atoms with E-state index in [1.165, 1.54) is 51.5 Å². The van der Waals surface area contributed by atoms with E-state index in [2.05, 4.69) is 19.2 Å². The predicted octanol–water partition coefficient (Wildman–Crippen LogP) is 2.67. The SMILES string of the molecule is CC(C)CCCCNC1CCCC(N)C1. The summed E-state index contributed by atoms with van der Waals surface area (Å²) in [7, 11) is 0. The average molecular weight is 212 g/mol. The van der Waals surface area contributed by atoms with Gasteiger partial charge in [-0.05, 0) is 38.1 Å².